The van der Waals surface area contributed by atoms with Crippen molar-refractivity contribution >= 4 is 32.7 Å². The summed E-state index contributed by atoms with van der Waals surface area (Å²) >= 11 is 0. The van der Waals surface area contributed by atoms with Gasteiger partial charge in [0, 0.05) is 33.0 Å². The molecule has 0 aliphatic rings. The number of hydrogen-bond donors (Lipinski definition) is 0. The molecule has 0 fully saturated rings. The summed E-state index contributed by atoms with van der Waals surface area (Å²) in [6.07, 6.45) is 0. The van der Waals surface area contributed by atoms with Gasteiger partial charge in [0.1, 0.15) is 0 Å². The van der Waals surface area contributed by atoms with E-state index in [2.05, 4.69) is 164 Å². The Hall–Kier alpha value is -6.32. The first-order valence-electron chi connectivity index (χ1n) is 16.8. The van der Waals surface area contributed by atoms with E-state index >= 15 is 0 Å². The van der Waals surface area contributed by atoms with Gasteiger partial charge in [-0.1, -0.05) is 115 Å². The summed E-state index contributed by atoms with van der Waals surface area (Å²) in [4.78, 5) is 10.1. The average Bonchev–Trinajstić information content (AvgIpc) is 3.49. The molecule has 2 aromatic heterocycles. The Labute approximate surface area is 285 Å². The molecule has 0 aliphatic heterocycles. The van der Waals surface area contributed by atoms with Gasteiger partial charge < -0.3 is 4.57 Å². The summed E-state index contributed by atoms with van der Waals surface area (Å²) in [6.45, 7) is 4.38. The number of benzene rings is 7. The molecule has 9 aromatic rings. The van der Waals surface area contributed by atoms with Crippen LogP contribution in [-0.2, 0) is 0 Å². The van der Waals surface area contributed by atoms with Crippen LogP contribution in [0.1, 0.15) is 11.1 Å². The molecule has 9 rings (SSSR count). The molecule has 0 saturated carbocycles. The zero-order valence-corrected chi connectivity index (χ0v) is 27.4. The number of hydrogen-bond acceptors (Lipinski definition) is 2. The Morgan fingerprint density at radius 1 is 0.408 bits per heavy atom. The summed E-state index contributed by atoms with van der Waals surface area (Å²) in [5.41, 5.74) is 14.9. The third-order valence-corrected chi connectivity index (χ3v) is 9.71. The van der Waals surface area contributed by atoms with E-state index in [-0.39, 0.29) is 0 Å². The Kier molecular flexibility index (Phi) is 6.91. The van der Waals surface area contributed by atoms with Crippen LogP contribution in [0.25, 0.3) is 83.3 Å². The van der Waals surface area contributed by atoms with E-state index in [1.54, 1.807) is 0 Å². The second-order valence-electron chi connectivity index (χ2n) is 12.8. The molecular formula is C46H33N3. The normalized spacial score (nSPS) is 11.5. The van der Waals surface area contributed by atoms with Crippen molar-refractivity contribution in [3.8, 4) is 50.6 Å². The van der Waals surface area contributed by atoms with Crippen molar-refractivity contribution in [1.82, 2.24) is 14.5 Å². The van der Waals surface area contributed by atoms with Gasteiger partial charge in [0.25, 0.3) is 0 Å². The van der Waals surface area contributed by atoms with E-state index in [1.807, 2.05) is 18.2 Å². The van der Waals surface area contributed by atoms with Crippen molar-refractivity contribution < 1.29 is 0 Å². The van der Waals surface area contributed by atoms with E-state index in [0.717, 1.165) is 39.2 Å². The fourth-order valence-electron chi connectivity index (χ4n) is 7.18. The van der Waals surface area contributed by atoms with Gasteiger partial charge in [-0.05, 0) is 95.8 Å². The van der Waals surface area contributed by atoms with Crippen molar-refractivity contribution in [2.75, 3.05) is 0 Å². The van der Waals surface area contributed by atoms with Crippen molar-refractivity contribution in [2.45, 2.75) is 13.8 Å². The molecule has 49 heavy (non-hydrogen) atoms. The highest BCUT2D eigenvalue weighted by atomic mass is 15.0. The standard InChI is InChI=1S/C46H33N3/c1-30-12-6-7-15-37(30)41-28-34(21-20-31(41)2)35-24-27-39-38-16-9-11-19-43(38)49(44(39)29-35)36-25-22-33(23-26-36)46-47-42-18-10-8-17-40(42)45(48-46)32-13-4-3-5-14-32/h3-29H,1-2H3. The largest absolute Gasteiger partial charge is 0.309 e. The van der Waals surface area contributed by atoms with Gasteiger partial charge in [-0.2, -0.15) is 0 Å². The molecule has 0 bridgehead atoms. The Balaban J connectivity index is 1.17. The van der Waals surface area contributed by atoms with Crippen molar-refractivity contribution in [2.24, 2.45) is 0 Å². The second kappa shape index (κ2) is 11.7. The van der Waals surface area contributed by atoms with Crippen LogP contribution < -0.4 is 0 Å². The van der Waals surface area contributed by atoms with Crippen LogP contribution in [0.3, 0.4) is 0 Å². The SMILES string of the molecule is Cc1ccccc1-c1cc(-c2ccc3c4ccccc4n(-c4ccc(-c5nc(-c6ccccc6)c6ccccc6n5)cc4)c3c2)ccc1C. The molecule has 2 heterocycles. The molecule has 0 amide bonds. The van der Waals surface area contributed by atoms with E-state index in [4.69, 9.17) is 9.97 Å². The van der Waals surface area contributed by atoms with Gasteiger partial charge in [-0.15, -0.1) is 0 Å². The average molecular weight is 628 g/mol. The summed E-state index contributed by atoms with van der Waals surface area (Å²) in [7, 11) is 0. The van der Waals surface area contributed by atoms with E-state index in [9.17, 15) is 0 Å². The Morgan fingerprint density at radius 3 is 1.88 bits per heavy atom. The smallest absolute Gasteiger partial charge is 0.160 e. The summed E-state index contributed by atoms with van der Waals surface area (Å²) < 4.78 is 2.38. The number of rotatable bonds is 5. The van der Waals surface area contributed by atoms with Crippen molar-refractivity contribution in [3.05, 3.63) is 175 Å². The fraction of sp³-hybridized carbons (Fsp3) is 0.0435. The lowest BCUT2D eigenvalue weighted by Gasteiger charge is -2.13. The number of aryl methyl sites for hydroxylation is 2. The molecule has 0 atom stereocenters. The minimum Gasteiger partial charge on any atom is -0.309 e. The highest BCUT2D eigenvalue weighted by Crippen LogP contribution is 2.37. The minimum atomic E-state index is 0.720. The zero-order valence-electron chi connectivity index (χ0n) is 27.4. The third kappa shape index (κ3) is 4.99. The molecule has 0 saturated heterocycles. The molecule has 3 nitrogen and oxygen atoms in total. The monoisotopic (exact) mass is 627 g/mol. The van der Waals surface area contributed by atoms with Gasteiger partial charge in [0.15, 0.2) is 5.82 Å². The van der Waals surface area contributed by atoms with Crippen LogP contribution in [0.5, 0.6) is 0 Å². The van der Waals surface area contributed by atoms with E-state index < -0.39 is 0 Å². The topological polar surface area (TPSA) is 30.7 Å². The summed E-state index contributed by atoms with van der Waals surface area (Å²) in [5.74, 6) is 0.720. The van der Waals surface area contributed by atoms with Gasteiger partial charge >= 0.3 is 0 Å². The van der Waals surface area contributed by atoms with Crippen LogP contribution in [-0.4, -0.2) is 14.5 Å². The predicted octanol–water partition coefficient (Wildman–Crippen LogP) is 12.0. The first-order chi connectivity index (χ1) is 24.1. The number of para-hydroxylation sites is 2. The molecule has 7 aromatic carbocycles. The highest BCUT2D eigenvalue weighted by molar-refractivity contribution is 6.10. The maximum absolute atomic E-state index is 5.10. The third-order valence-electron chi connectivity index (χ3n) is 9.71. The quantitative estimate of drug-likeness (QED) is 0.190. The molecule has 0 spiro atoms. The van der Waals surface area contributed by atoms with Gasteiger partial charge in [0.2, 0.25) is 0 Å². The van der Waals surface area contributed by atoms with Crippen molar-refractivity contribution in [3.63, 3.8) is 0 Å². The van der Waals surface area contributed by atoms with Gasteiger partial charge in [0.05, 0.1) is 22.2 Å². The van der Waals surface area contributed by atoms with Gasteiger partial charge in [-0.3, -0.25) is 0 Å². The highest BCUT2D eigenvalue weighted by Gasteiger charge is 2.16. The maximum atomic E-state index is 5.10. The van der Waals surface area contributed by atoms with Crippen LogP contribution in [0, 0.1) is 13.8 Å². The van der Waals surface area contributed by atoms with E-state index in [0.29, 0.717) is 0 Å². The number of fused-ring (bicyclic) bond motifs is 4. The van der Waals surface area contributed by atoms with Crippen LogP contribution >= 0.6 is 0 Å². The van der Waals surface area contributed by atoms with Gasteiger partial charge in [-0.25, -0.2) is 9.97 Å². The summed E-state index contributed by atoms with van der Waals surface area (Å²) in [5, 5.41) is 3.53. The van der Waals surface area contributed by atoms with Crippen LogP contribution in [0.4, 0.5) is 0 Å². The van der Waals surface area contributed by atoms with Crippen LogP contribution in [0.15, 0.2) is 164 Å². The summed E-state index contributed by atoms with van der Waals surface area (Å²) in [6, 6.07) is 58.3. The molecule has 232 valence electrons. The second-order valence-corrected chi connectivity index (χ2v) is 12.8. The van der Waals surface area contributed by atoms with E-state index in [1.165, 1.54) is 55.2 Å². The predicted molar refractivity (Wildman–Crippen MR) is 205 cm³/mol. The Bertz CT molecular complexity index is 2670. The fourth-order valence-corrected chi connectivity index (χ4v) is 7.18. The number of aromatic nitrogens is 3. The molecule has 3 heteroatoms. The Morgan fingerprint density at radius 2 is 1.04 bits per heavy atom. The maximum Gasteiger partial charge on any atom is 0.160 e. The van der Waals surface area contributed by atoms with Crippen LogP contribution in [0.2, 0.25) is 0 Å². The molecule has 0 N–H and O–H groups in total. The lowest BCUT2D eigenvalue weighted by atomic mass is 9.92. The van der Waals surface area contributed by atoms with Crippen molar-refractivity contribution in [1.29, 1.82) is 0 Å². The zero-order chi connectivity index (χ0) is 32.9. The first-order valence-corrected chi connectivity index (χ1v) is 16.8. The molecular weight excluding hydrogens is 595 g/mol. The molecule has 0 unspecified atom stereocenters. The first kappa shape index (κ1) is 28.9. The number of nitrogens with zero attached hydrogens (tertiary/aromatic N) is 3. The lowest BCUT2D eigenvalue weighted by molar-refractivity contribution is 1.17. The molecule has 0 radical (unpaired) electrons. The lowest BCUT2D eigenvalue weighted by Crippen LogP contribution is -1.97. The minimum absolute atomic E-state index is 0.720. The molecule has 0 aliphatic carbocycles.